The lowest BCUT2D eigenvalue weighted by molar-refractivity contribution is -0.384. The van der Waals surface area contributed by atoms with Crippen LogP contribution < -0.4 is 10.2 Å². The molecule has 36 heavy (non-hydrogen) atoms. The minimum absolute atomic E-state index is 0.0681. The van der Waals surface area contributed by atoms with Crippen LogP contribution in [0.2, 0.25) is 0 Å². The minimum atomic E-state index is -0.670. The highest BCUT2D eigenvalue weighted by atomic mass is 79.9. The van der Waals surface area contributed by atoms with Crippen LogP contribution in [0.5, 0.6) is 0 Å². The zero-order valence-corrected chi connectivity index (χ0v) is 21.2. The molecule has 1 aliphatic heterocycles. The molecule has 1 aliphatic rings. The molecular formula is C26H19BrN4O4S. The highest BCUT2D eigenvalue weighted by molar-refractivity contribution is 9.10. The van der Waals surface area contributed by atoms with Gasteiger partial charge in [-0.1, -0.05) is 70.2 Å². The van der Waals surface area contributed by atoms with Crippen molar-refractivity contribution in [1.29, 1.82) is 5.26 Å². The number of nitrogens with zero attached hydrogens (tertiary/aromatic N) is 3. The van der Waals surface area contributed by atoms with Gasteiger partial charge < -0.3 is 5.32 Å². The van der Waals surface area contributed by atoms with Crippen molar-refractivity contribution in [2.45, 2.75) is 18.2 Å². The van der Waals surface area contributed by atoms with E-state index in [1.54, 1.807) is 36.4 Å². The molecule has 1 fully saturated rings. The average Bonchev–Trinajstić information content (AvgIpc) is 3.19. The summed E-state index contributed by atoms with van der Waals surface area (Å²) < 4.78 is 0.810. The standard InChI is InChI=1S/C26H19BrN4O4S/c27-19-9-11-20(12-10-19)30-25(33)23(14-18-7-4-8-21(13-18)31(34)35)36-26(30)22(15-28)24(32)29-16-17-5-2-1-3-6-17/h1-13,23H,14,16H2,(H,29,32)/b26-22-/t23-/m0/s1. The van der Waals surface area contributed by atoms with E-state index in [-0.39, 0.29) is 35.2 Å². The summed E-state index contributed by atoms with van der Waals surface area (Å²) >= 11 is 4.48. The molecule has 2 amide bonds. The number of amides is 2. The SMILES string of the molecule is N#C/C(C(=O)NCc1ccccc1)=C1/S[C@@H](Cc2cccc([N+](=O)[O-])c2)C(=O)N1c1ccc(Br)cc1. The Bertz CT molecular complexity index is 1390. The fourth-order valence-corrected chi connectivity index (χ4v) is 5.26. The van der Waals surface area contributed by atoms with Crippen molar-refractivity contribution in [2.75, 3.05) is 4.90 Å². The van der Waals surface area contributed by atoms with Gasteiger partial charge in [-0.2, -0.15) is 5.26 Å². The molecule has 0 radical (unpaired) electrons. The molecule has 0 spiro atoms. The summed E-state index contributed by atoms with van der Waals surface area (Å²) in [6, 6.07) is 24.3. The lowest BCUT2D eigenvalue weighted by Gasteiger charge is -2.19. The monoisotopic (exact) mass is 562 g/mol. The third-order valence-corrected chi connectivity index (χ3v) is 7.22. The Morgan fingerprint density at radius 1 is 1.08 bits per heavy atom. The van der Waals surface area contributed by atoms with Crippen LogP contribution in [0.1, 0.15) is 11.1 Å². The third kappa shape index (κ3) is 5.64. The number of benzene rings is 3. The molecule has 10 heteroatoms. The molecule has 4 rings (SSSR count). The van der Waals surface area contributed by atoms with Gasteiger partial charge >= 0.3 is 0 Å². The van der Waals surface area contributed by atoms with Gasteiger partial charge in [-0.15, -0.1) is 0 Å². The van der Waals surface area contributed by atoms with Crippen LogP contribution in [-0.2, 0) is 22.6 Å². The number of nitriles is 1. The first kappa shape index (κ1) is 25.2. The van der Waals surface area contributed by atoms with E-state index < -0.39 is 16.1 Å². The Hall–Kier alpha value is -3.94. The van der Waals surface area contributed by atoms with Crippen molar-refractivity contribution < 1.29 is 14.5 Å². The molecule has 1 heterocycles. The van der Waals surface area contributed by atoms with Gasteiger partial charge in [0.1, 0.15) is 16.7 Å². The number of nitrogens with one attached hydrogen (secondary N) is 1. The molecule has 0 aromatic heterocycles. The van der Waals surface area contributed by atoms with E-state index >= 15 is 0 Å². The number of thioether (sulfide) groups is 1. The second kappa shape index (κ2) is 11.2. The van der Waals surface area contributed by atoms with Crippen LogP contribution in [-0.4, -0.2) is 22.0 Å². The molecule has 180 valence electrons. The maximum Gasteiger partial charge on any atom is 0.269 e. The number of hydrogen-bond donors (Lipinski definition) is 1. The lowest BCUT2D eigenvalue weighted by atomic mass is 10.1. The first-order valence-electron chi connectivity index (χ1n) is 10.8. The normalized spacial score (nSPS) is 16.4. The quantitative estimate of drug-likeness (QED) is 0.185. The summed E-state index contributed by atoms with van der Waals surface area (Å²) in [6.45, 7) is 0.228. The van der Waals surface area contributed by atoms with Crippen molar-refractivity contribution in [3.8, 4) is 6.07 Å². The van der Waals surface area contributed by atoms with E-state index in [4.69, 9.17) is 0 Å². The van der Waals surface area contributed by atoms with E-state index in [0.717, 1.165) is 21.8 Å². The van der Waals surface area contributed by atoms with Gasteiger partial charge in [0.2, 0.25) is 5.91 Å². The van der Waals surface area contributed by atoms with E-state index in [1.165, 1.54) is 17.0 Å². The molecule has 0 bridgehead atoms. The van der Waals surface area contributed by atoms with Gasteiger partial charge in [-0.05, 0) is 41.8 Å². The largest absolute Gasteiger partial charge is 0.347 e. The van der Waals surface area contributed by atoms with Gasteiger partial charge in [0.15, 0.2) is 0 Å². The Kier molecular flexibility index (Phi) is 7.83. The minimum Gasteiger partial charge on any atom is -0.347 e. The van der Waals surface area contributed by atoms with Crippen LogP contribution in [0, 0.1) is 21.4 Å². The van der Waals surface area contributed by atoms with Crippen LogP contribution in [0.25, 0.3) is 0 Å². The Morgan fingerprint density at radius 2 is 1.78 bits per heavy atom. The van der Waals surface area contributed by atoms with E-state index in [9.17, 15) is 25.0 Å². The fourth-order valence-electron chi connectivity index (χ4n) is 3.69. The number of carbonyl (C=O) groups is 2. The molecule has 0 saturated carbocycles. The number of halogens is 1. The predicted molar refractivity (Wildman–Crippen MR) is 141 cm³/mol. The summed E-state index contributed by atoms with van der Waals surface area (Å²) in [7, 11) is 0. The maximum absolute atomic E-state index is 13.5. The van der Waals surface area contributed by atoms with Gasteiger partial charge in [0, 0.05) is 28.8 Å². The van der Waals surface area contributed by atoms with E-state index in [0.29, 0.717) is 11.3 Å². The number of non-ortho nitro benzene ring substituents is 1. The van der Waals surface area contributed by atoms with E-state index in [2.05, 4.69) is 21.2 Å². The summed E-state index contributed by atoms with van der Waals surface area (Å²) in [5.41, 5.74) is 1.75. The molecule has 0 unspecified atom stereocenters. The predicted octanol–water partition coefficient (Wildman–Crippen LogP) is 5.10. The highest BCUT2D eigenvalue weighted by Crippen LogP contribution is 2.42. The summed E-state index contributed by atoms with van der Waals surface area (Å²) in [6.07, 6.45) is 0.200. The van der Waals surface area contributed by atoms with Crippen molar-refractivity contribution in [3.05, 3.63) is 115 Å². The molecule has 3 aromatic rings. The molecular weight excluding hydrogens is 544 g/mol. The smallest absolute Gasteiger partial charge is 0.269 e. The van der Waals surface area contributed by atoms with Gasteiger partial charge in [-0.25, -0.2) is 0 Å². The summed E-state index contributed by atoms with van der Waals surface area (Å²) in [5.74, 6) is -0.901. The zero-order valence-electron chi connectivity index (χ0n) is 18.8. The summed E-state index contributed by atoms with van der Waals surface area (Å²) in [5, 5.41) is 23.4. The van der Waals surface area contributed by atoms with Crippen molar-refractivity contribution in [1.82, 2.24) is 5.32 Å². The van der Waals surface area contributed by atoms with E-state index in [1.807, 2.05) is 36.4 Å². The molecule has 0 aliphatic carbocycles. The Morgan fingerprint density at radius 3 is 2.44 bits per heavy atom. The van der Waals surface area contributed by atoms with Gasteiger partial charge in [-0.3, -0.25) is 24.6 Å². The number of anilines is 1. The van der Waals surface area contributed by atoms with Crippen molar-refractivity contribution in [3.63, 3.8) is 0 Å². The Balaban J connectivity index is 1.67. The number of nitro benzene ring substituents is 1. The third-order valence-electron chi connectivity index (χ3n) is 5.43. The molecule has 8 nitrogen and oxygen atoms in total. The lowest BCUT2D eigenvalue weighted by Crippen LogP contribution is -2.32. The second-order valence-corrected chi connectivity index (χ2v) is 9.96. The average molecular weight is 563 g/mol. The number of rotatable bonds is 7. The fraction of sp³-hybridized carbons (Fsp3) is 0.115. The van der Waals surface area contributed by atoms with Crippen LogP contribution >= 0.6 is 27.7 Å². The Labute approximate surface area is 219 Å². The first-order chi connectivity index (χ1) is 17.4. The zero-order chi connectivity index (χ0) is 25.7. The topological polar surface area (TPSA) is 116 Å². The summed E-state index contributed by atoms with van der Waals surface area (Å²) in [4.78, 5) is 38.6. The molecule has 1 N–H and O–H groups in total. The second-order valence-electron chi connectivity index (χ2n) is 7.85. The first-order valence-corrected chi connectivity index (χ1v) is 12.5. The van der Waals surface area contributed by atoms with Gasteiger partial charge in [0.05, 0.1) is 10.2 Å². The molecule has 3 aromatic carbocycles. The van der Waals surface area contributed by atoms with Gasteiger partial charge in [0.25, 0.3) is 11.6 Å². The maximum atomic E-state index is 13.5. The molecule has 1 saturated heterocycles. The van der Waals surface area contributed by atoms with Crippen LogP contribution in [0.4, 0.5) is 11.4 Å². The van der Waals surface area contributed by atoms with Crippen LogP contribution in [0.3, 0.4) is 0 Å². The van der Waals surface area contributed by atoms with Crippen LogP contribution in [0.15, 0.2) is 93.9 Å². The van der Waals surface area contributed by atoms with Crippen molar-refractivity contribution >= 4 is 50.9 Å². The van der Waals surface area contributed by atoms with Crippen molar-refractivity contribution in [2.24, 2.45) is 0 Å². The highest BCUT2D eigenvalue weighted by Gasteiger charge is 2.40. The number of carbonyl (C=O) groups excluding carboxylic acids is 2. The molecule has 1 atom stereocenters. The number of hydrogen-bond acceptors (Lipinski definition) is 6. The number of nitro groups is 1.